The first-order chi connectivity index (χ1) is 8.37. The quantitative estimate of drug-likeness (QED) is 0.851. The van der Waals surface area contributed by atoms with Gasteiger partial charge >= 0.3 is 0 Å². The molecule has 1 saturated carbocycles. The van der Waals surface area contributed by atoms with Crippen molar-refractivity contribution >= 4 is 17.3 Å². The van der Waals surface area contributed by atoms with Gasteiger partial charge in [-0.25, -0.2) is 4.68 Å². The van der Waals surface area contributed by atoms with Crippen LogP contribution in [0.4, 0.5) is 5.69 Å². The Hall–Kier alpha value is -1.07. The fourth-order valence-electron chi connectivity index (χ4n) is 1.61. The maximum Gasteiger partial charge on any atom is 0.291 e. The van der Waals surface area contributed by atoms with Gasteiger partial charge in [-0.2, -0.15) is 5.10 Å². The number of aromatic nitrogens is 2. The molecular formula is C12H18ClN3O2. The van der Waals surface area contributed by atoms with E-state index in [0.29, 0.717) is 18.2 Å². The fraction of sp³-hybridized carbons (Fsp3) is 0.667. The highest BCUT2D eigenvalue weighted by Crippen LogP contribution is 2.30. The summed E-state index contributed by atoms with van der Waals surface area (Å²) in [6.45, 7) is 4.23. The zero-order valence-electron chi connectivity index (χ0n) is 10.6. The third-order valence-electron chi connectivity index (χ3n) is 2.82. The lowest BCUT2D eigenvalue weighted by Gasteiger charge is -2.19. The molecule has 0 unspecified atom stereocenters. The van der Waals surface area contributed by atoms with E-state index in [4.69, 9.17) is 11.6 Å². The van der Waals surface area contributed by atoms with Crippen molar-refractivity contribution in [3.05, 3.63) is 21.6 Å². The second-order valence-corrected chi connectivity index (χ2v) is 5.87. The molecule has 1 aromatic rings. The molecule has 1 aliphatic carbocycles. The molecule has 1 heterocycles. The molecular weight excluding hydrogens is 254 g/mol. The van der Waals surface area contributed by atoms with Crippen molar-refractivity contribution in [3.8, 4) is 0 Å². The van der Waals surface area contributed by atoms with E-state index >= 15 is 0 Å². The first-order valence-corrected chi connectivity index (χ1v) is 6.46. The zero-order valence-corrected chi connectivity index (χ0v) is 11.4. The number of anilines is 1. The van der Waals surface area contributed by atoms with E-state index in [-0.39, 0.29) is 17.1 Å². The molecule has 0 bridgehead atoms. The molecule has 1 aromatic heterocycles. The summed E-state index contributed by atoms with van der Waals surface area (Å²) in [7, 11) is 0. The van der Waals surface area contributed by atoms with Gasteiger partial charge in [-0.05, 0) is 32.6 Å². The lowest BCUT2D eigenvalue weighted by atomic mass is 10.1. The number of halogens is 1. The Bertz CT molecular complexity index is 489. The van der Waals surface area contributed by atoms with Crippen LogP contribution in [0.25, 0.3) is 0 Å². The SMILES string of the molecule is CC(C)(O)CNc1c(Cl)cnn(CC2CC2)c1=O. The zero-order chi connectivity index (χ0) is 13.3. The lowest BCUT2D eigenvalue weighted by Crippen LogP contribution is -2.33. The van der Waals surface area contributed by atoms with Crippen LogP contribution >= 0.6 is 11.6 Å². The van der Waals surface area contributed by atoms with Crippen molar-refractivity contribution in [1.82, 2.24) is 9.78 Å². The third kappa shape index (κ3) is 3.46. The van der Waals surface area contributed by atoms with Gasteiger partial charge < -0.3 is 10.4 Å². The number of nitrogens with zero attached hydrogens (tertiary/aromatic N) is 2. The molecule has 1 aliphatic rings. The minimum atomic E-state index is -0.902. The third-order valence-corrected chi connectivity index (χ3v) is 3.11. The normalized spacial score (nSPS) is 15.8. The van der Waals surface area contributed by atoms with Gasteiger partial charge in [0, 0.05) is 13.1 Å². The molecule has 0 saturated heterocycles. The minimum Gasteiger partial charge on any atom is -0.389 e. The number of hydrogen-bond donors (Lipinski definition) is 2. The summed E-state index contributed by atoms with van der Waals surface area (Å²) in [6, 6.07) is 0. The number of aliphatic hydroxyl groups is 1. The Kier molecular flexibility index (Phi) is 3.64. The Morgan fingerprint density at radius 2 is 2.28 bits per heavy atom. The van der Waals surface area contributed by atoms with E-state index in [1.165, 1.54) is 10.9 Å². The van der Waals surface area contributed by atoms with Crippen molar-refractivity contribution in [3.63, 3.8) is 0 Å². The van der Waals surface area contributed by atoms with E-state index in [1.54, 1.807) is 13.8 Å². The average Bonchev–Trinajstić information content (AvgIpc) is 3.04. The van der Waals surface area contributed by atoms with Crippen molar-refractivity contribution < 1.29 is 5.11 Å². The van der Waals surface area contributed by atoms with Gasteiger partial charge in [-0.15, -0.1) is 0 Å². The molecule has 18 heavy (non-hydrogen) atoms. The van der Waals surface area contributed by atoms with Gasteiger partial charge in [-0.3, -0.25) is 4.79 Å². The van der Waals surface area contributed by atoms with Gasteiger partial charge in [0.25, 0.3) is 5.56 Å². The van der Waals surface area contributed by atoms with E-state index in [2.05, 4.69) is 10.4 Å². The van der Waals surface area contributed by atoms with Crippen LogP contribution < -0.4 is 10.9 Å². The molecule has 5 nitrogen and oxygen atoms in total. The van der Waals surface area contributed by atoms with E-state index < -0.39 is 5.60 Å². The Labute approximate surface area is 111 Å². The molecule has 0 amide bonds. The van der Waals surface area contributed by atoms with Crippen molar-refractivity contribution in [2.24, 2.45) is 5.92 Å². The van der Waals surface area contributed by atoms with Crippen LogP contribution in [0, 0.1) is 5.92 Å². The highest BCUT2D eigenvalue weighted by molar-refractivity contribution is 6.32. The Morgan fingerprint density at radius 3 is 2.83 bits per heavy atom. The molecule has 0 spiro atoms. The number of rotatable bonds is 5. The average molecular weight is 272 g/mol. The molecule has 6 heteroatoms. The van der Waals surface area contributed by atoms with E-state index in [9.17, 15) is 9.90 Å². The van der Waals surface area contributed by atoms with E-state index in [0.717, 1.165) is 12.8 Å². The summed E-state index contributed by atoms with van der Waals surface area (Å²) in [6.07, 6.45) is 3.78. The van der Waals surface area contributed by atoms with Gasteiger partial charge in [0.1, 0.15) is 5.69 Å². The number of nitrogens with one attached hydrogen (secondary N) is 1. The monoisotopic (exact) mass is 271 g/mol. The molecule has 0 aliphatic heterocycles. The molecule has 100 valence electrons. The van der Waals surface area contributed by atoms with Gasteiger partial charge in [0.15, 0.2) is 0 Å². The second-order valence-electron chi connectivity index (χ2n) is 5.46. The van der Waals surface area contributed by atoms with Crippen LogP contribution in [-0.2, 0) is 6.54 Å². The first kappa shape index (κ1) is 13.4. The molecule has 1 fully saturated rings. The second kappa shape index (κ2) is 4.90. The van der Waals surface area contributed by atoms with Gasteiger partial charge in [-0.1, -0.05) is 11.6 Å². The highest BCUT2D eigenvalue weighted by atomic mass is 35.5. The molecule has 2 rings (SSSR count). The predicted molar refractivity (Wildman–Crippen MR) is 71.0 cm³/mol. The van der Waals surface area contributed by atoms with Crippen LogP contribution in [0.3, 0.4) is 0 Å². The molecule has 2 N–H and O–H groups in total. The van der Waals surface area contributed by atoms with Gasteiger partial charge in [0.05, 0.1) is 16.8 Å². The van der Waals surface area contributed by atoms with Crippen molar-refractivity contribution in [2.75, 3.05) is 11.9 Å². The summed E-state index contributed by atoms with van der Waals surface area (Å²) in [5.74, 6) is 0.568. The fourth-order valence-corrected chi connectivity index (χ4v) is 1.80. The van der Waals surface area contributed by atoms with E-state index in [1.807, 2.05) is 0 Å². The summed E-state index contributed by atoms with van der Waals surface area (Å²) in [4.78, 5) is 12.1. The van der Waals surface area contributed by atoms with Crippen LogP contribution in [0.15, 0.2) is 11.0 Å². The van der Waals surface area contributed by atoms with Crippen LogP contribution in [0.1, 0.15) is 26.7 Å². The van der Waals surface area contributed by atoms with Crippen molar-refractivity contribution in [2.45, 2.75) is 38.8 Å². The molecule has 0 radical (unpaired) electrons. The van der Waals surface area contributed by atoms with Gasteiger partial charge in [0.2, 0.25) is 0 Å². The Balaban J connectivity index is 2.19. The van der Waals surface area contributed by atoms with Crippen LogP contribution in [-0.4, -0.2) is 27.0 Å². The predicted octanol–water partition coefficient (Wildman–Crippen LogP) is 1.49. The number of hydrogen-bond acceptors (Lipinski definition) is 4. The highest BCUT2D eigenvalue weighted by Gasteiger charge is 2.24. The summed E-state index contributed by atoms with van der Waals surface area (Å²) in [5, 5.41) is 16.9. The maximum absolute atomic E-state index is 12.1. The summed E-state index contributed by atoms with van der Waals surface area (Å²) < 4.78 is 1.44. The standard InChI is InChI=1S/C12H18ClN3O2/c1-12(2,18)7-14-10-9(13)5-15-16(11(10)17)6-8-3-4-8/h5,8,14,18H,3-4,6-7H2,1-2H3. The maximum atomic E-state index is 12.1. The summed E-state index contributed by atoms with van der Waals surface area (Å²) in [5.41, 5.74) is -0.812. The van der Waals surface area contributed by atoms with Crippen LogP contribution in [0.5, 0.6) is 0 Å². The Morgan fingerprint density at radius 1 is 1.61 bits per heavy atom. The molecule has 0 atom stereocenters. The first-order valence-electron chi connectivity index (χ1n) is 6.09. The largest absolute Gasteiger partial charge is 0.389 e. The minimum absolute atomic E-state index is 0.223. The smallest absolute Gasteiger partial charge is 0.291 e. The van der Waals surface area contributed by atoms with Crippen LogP contribution in [0.2, 0.25) is 5.02 Å². The topological polar surface area (TPSA) is 67.2 Å². The molecule has 0 aromatic carbocycles. The van der Waals surface area contributed by atoms with Crippen molar-refractivity contribution in [1.29, 1.82) is 0 Å². The summed E-state index contributed by atoms with van der Waals surface area (Å²) >= 11 is 5.96. The lowest BCUT2D eigenvalue weighted by molar-refractivity contribution is 0.0945.